The molecule has 0 fully saturated rings. The average Bonchev–Trinajstić information content (AvgIpc) is 2.48. The van der Waals surface area contributed by atoms with Crippen molar-refractivity contribution in [3.63, 3.8) is 0 Å². The van der Waals surface area contributed by atoms with Crippen LogP contribution in [0.4, 0.5) is 0 Å². The Morgan fingerprint density at radius 2 is 1.50 bits per heavy atom. The van der Waals surface area contributed by atoms with Crippen molar-refractivity contribution < 1.29 is 0 Å². The van der Waals surface area contributed by atoms with Gasteiger partial charge in [-0.15, -0.1) is 0 Å². The summed E-state index contributed by atoms with van der Waals surface area (Å²) in [6.07, 6.45) is 5.42. The van der Waals surface area contributed by atoms with Crippen LogP contribution in [0.1, 0.15) is 11.1 Å². The number of fused-ring (bicyclic) bond motifs is 1. The molecule has 2 nitrogen and oxygen atoms in total. The summed E-state index contributed by atoms with van der Waals surface area (Å²) in [5.74, 6) is 0. The fourth-order valence-electron chi connectivity index (χ4n) is 2.56. The Morgan fingerprint density at radius 3 is 2.30 bits per heavy atom. The second-order valence-corrected chi connectivity index (χ2v) is 5.21. The molecule has 0 radical (unpaired) electrons. The standard InChI is InChI=1S/C18H18N2/c19-18(12-14-7-9-20-10-8-14)13-15-5-6-16-3-1-2-4-17(16)11-15/h1-11,18H,12-13,19H2. The molecule has 2 heteroatoms. The van der Waals surface area contributed by atoms with Crippen LogP contribution in [0.15, 0.2) is 67.0 Å². The Balaban J connectivity index is 1.72. The number of hydrogen-bond acceptors (Lipinski definition) is 2. The maximum Gasteiger partial charge on any atom is 0.0270 e. The molecule has 0 aliphatic rings. The molecule has 3 rings (SSSR count). The van der Waals surface area contributed by atoms with Gasteiger partial charge in [0.25, 0.3) is 0 Å². The van der Waals surface area contributed by atoms with Crippen LogP contribution >= 0.6 is 0 Å². The van der Waals surface area contributed by atoms with E-state index in [0.717, 1.165) is 12.8 Å². The van der Waals surface area contributed by atoms with Gasteiger partial charge in [0.1, 0.15) is 0 Å². The van der Waals surface area contributed by atoms with Crippen LogP contribution in [-0.4, -0.2) is 11.0 Å². The van der Waals surface area contributed by atoms with E-state index < -0.39 is 0 Å². The topological polar surface area (TPSA) is 38.9 Å². The predicted molar refractivity (Wildman–Crippen MR) is 83.6 cm³/mol. The van der Waals surface area contributed by atoms with Gasteiger partial charge in [0.2, 0.25) is 0 Å². The fourth-order valence-corrected chi connectivity index (χ4v) is 2.56. The van der Waals surface area contributed by atoms with E-state index in [1.54, 1.807) is 0 Å². The van der Waals surface area contributed by atoms with E-state index in [0.29, 0.717) is 0 Å². The van der Waals surface area contributed by atoms with Gasteiger partial charge in [0.05, 0.1) is 0 Å². The minimum atomic E-state index is 0.138. The highest BCUT2D eigenvalue weighted by Gasteiger charge is 2.06. The summed E-state index contributed by atoms with van der Waals surface area (Å²) in [5.41, 5.74) is 8.80. The molecule has 1 aromatic heterocycles. The number of aromatic nitrogens is 1. The molecule has 0 aliphatic heterocycles. The summed E-state index contributed by atoms with van der Waals surface area (Å²) >= 11 is 0. The molecule has 0 saturated carbocycles. The highest BCUT2D eigenvalue weighted by atomic mass is 14.6. The summed E-state index contributed by atoms with van der Waals surface area (Å²) in [6.45, 7) is 0. The van der Waals surface area contributed by atoms with E-state index in [9.17, 15) is 0 Å². The number of nitrogens with zero attached hydrogens (tertiary/aromatic N) is 1. The Kier molecular flexibility index (Phi) is 3.75. The van der Waals surface area contributed by atoms with Crippen molar-refractivity contribution in [1.29, 1.82) is 0 Å². The number of hydrogen-bond donors (Lipinski definition) is 1. The number of pyridine rings is 1. The summed E-state index contributed by atoms with van der Waals surface area (Å²) in [7, 11) is 0. The Labute approximate surface area is 119 Å². The van der Waals surface area contributed by atoms with Gasteiger partial charge in [0, 0.05) is 18.4 Å². The Hall–Kier alpha value is -2.19. The lowest BCUT2D eigenvalue weighted by molar-refractivity contribution is 0.665. The number of benzene rings is 2. The molecular formula is C18H18N2. The lowest BCUT2D eigenvalue weighted by atomic mass is 9.98. The zero-order valence-electron chi connectivity index (χ0n) is 11.4. The van der Waals surface area contributed by atoms with Crippen molar-refractivity contribution in [1.82, 2.24) is 4.98 Å². The van der Waals surface area contributed by atoms with Crippen molar-refractivity contribution in [2.45, 2.75) is 18.9 Å². The molecule has 0 saturated heterocycles. The molecule has 3 aromatic rings. The largest absolute Gasteiger partial charge is 0.327 e. The third kappa shape index (κ3) is 3.03. The van der Waals surface area contributed by atoms with Crippen LogP contribution < -0.4 is 5.73 Å². The lowest BCUT2D eigenvalue weighted by Crippen LogP contribution is -2.25. The minimum Gasteiger partial charge on any atom is -0.327 e. The molecule has 100 valence electrons. The highest BCUT2D eigenvalue weighted by Crippen LogP contribution is 2.17. The van der Waals surface area contributed by atoms with Gasteiger partial charge >= 0.3 is 0 Å². The SMILES string of the molecule is NC(Cc1ccncc1)Cc1ccc2ccccc2c1. The first kappa shape index (κ1) is 12.8. The quantitative estimate of drug-likeness (QED) is 0.783. The monoisotopic (exact) mass is 262 g/mol. The van der Waals surface area contributed by atoms with Gasteiger partial charge in [-0.2, -0.15) is 0 Å². The third-order valence-electron chi connectivity index (χ3n) is 3.56. The van der Waals surface area contributed by atoms with Crippen LogP contribution in [0.25, 0.3) is 10.8 Å². The van der Waals surface area contributed by atoms with Crippen LogP contribution in [0.3, 0.4) is 0 Å². The normalized spacial score (nSPS) is 12.4. The first-order valence-corrected chi connectivity index (χ1v) is 6.93. The summed E-state index contributed by atoms with van der Waals surface area (Å²) < 4.78 is 0. The molecule has 0 amide bonds. The van der Waals surface area contributed by atoms with Crippen molar-refractivity contribution in [2.24, 2.45) is 5.73 Å². The highest BCUT2D eigenvalue weighted by molar-refractivity contribution is 5.82. The lowest BCUT2D eigenvalue weighted by Gasteiger charge is -2.12. The average molecular weight is 262 g/mol. The van der Waals surface area contributed by atoms with Gasteiger partial charge in [-0.3, -0.25) is 4.98 Å². The molecule has 1 heterocycles. The van der Waals surface area contributed by atoms with E-state index in [1.165, 1.54) is 21.9 Å². The van der Waals surface area contributed by atoms with E-state index >= 15 is 0 Å². The van der Waals surface area contributed by atoms with E-state index in [2.05, 4.69) is 47.4 Å². The minimum absolute atomic E-state index is 0.138. The van der Waals surface area contributed by atoms with E-state index in [-0.39, 0.29) is 6.04 Å². The van der Waals surface area contributed by atoms with Gasteiger partial charge in [0.15, 0.2) is 0 Å². The maximum absolute atomic E-state index is 6.26. The first-order chi connectivity index (χ1) is 9.81. The van der Waals surface area contributed by atoms with Crippen LogP contribution in [0.2, 0.25) is 0 Å². The molecule has 1 unspecified atom stereocenters. The molecule has 2 aromatic carbocycles. The van der Waals surface area contributed by atoms with E-state index in [1.807, 2.05) is 24.5 Å². The molecule has 0 spiro atoms. The Bertz CT molecular complexity index is 692. The Morgan fingerprint density at radius 1 is 0.800 bits per heavy atom. The van der Waals surface area contributed by atoms with Gasteiger partial charge in [-0.25, -0.2) is 0 Å². The van der Waals surface area contributed by atoms with Crippen molar-refractivity contribution in [3.8, 4) is 0 Å². The summed E-state index contributed by atoms with van der Waals surface area (Å²) in [4.78, 5) is 4.03. The van der Waals surface area contributed by atoms with Crippen LogP contribution in [-0.2, 0) is 12.8 Å². The predicted octanol–water partition coefficient (Wildman–Crippen LogP) is 3.35. The second-order valence-electron chi connectivity index (χ2n) is 5.21. The molecule has 0 bridgehead atoms. The van der Waals surface area contributed by atoms with E-state index in [4.69, 9.17) is 5.73 Å². The molecule has 20 heavy (non-hydrogen) atoms. The van der Waals surface area contributed by atoms with Gasteiger partial charge in [-0.1, -0.05) is 42.5 Å². The summed E-state index contributed by atoms with van der Waals surface area (Å²) in [6, 6.07) is 19.2. The van der Waals surface area contributed by atoms with Gasteiger partial charge in [-0.05, 0) is 46.9 Å². The van der Waals surface area contributed by atoms with Crippen molar-refractivity contribution in [3.05, 3.63) is 78.1 Å². The number of rotatable bonds is 4. The zero-order chi connectivity index (χ0) is 13.8. The third-order valence-corrected chi connectivity index (χ3v) is 3.56. The molecule has 2 N–H and O–H groups in total. The second kappa shape index (κ2) is 5.85. The fraction of sp³-hybridized carbons (Fsp3) is 0.167. The first-order valence-electron chi connectivity index (χ1n) is 6.93. The smallest absolute Gasteiger partial charge is 0.0270 e. The van der Waals surface area contributed by atoms with Crippen molar-refractivity contribution in [2.75, 3.05) is 0 Å². The number of nitrogens with two attached hydrogens (primary N) is 1. The molecular weight excluding hydrogens is 244 g/mol. The molecule has 1 atom stereocenters. The zero-order valence-corrected chi connectivity index (χ0v) is 11.4. The maximum atomic E-state index is 6.26. The molecule has 0 aliphatic carbocycles. The van der Waals surface area contributed by atoms with Crippen LogP contribution in [0, 0.1) is 0 Å². The van der Waals surface area contributed by atoms with Crippen LogP contribution in [0.5, 0.6) is 0 Å². The van der Waals surface area contributed by atoms with Gasteiger partial charge < -0.3 is 5.73 Å². The van der Waals surface area contributed by atoms with Crippen molar-refractivity contribution >= 4 is 10.8 Å². The summed E-state index contributed by atoms with van der Waals surface area (Å²) in [5, 5.41) is 2.56.